The summed E-state index contributed by atoms with van der Waals surface area (Å²) in [6.07, 6.45) is 2.16. The fraction of sp³-hybridized carbons (Fsp3) is 0.625. The second-order valence-corrected chi connectivity index (χ2v) is 4.92. The minimum absolute atomic E-state index is 0.105. The van der Waals surface area contributed by atoms with Gasteiger partial charge in [0.25, 0.3) is 0 Å². The van der Waals surface area contributed by atoms with Gasteiger partial charge < -0.3 is 18.9 Å². The quantitative estimate of drug-likeness (QED) is 0.407. The predicted molar refractivity (Wildman–Crippen MR) is 82.4 cm³/mol. The Morgan fingerprint density at radius 1 is 1.09 bits per heavy atom. The van der Waals surface area contributed by atoms with Gasteiger partial charge in [0.1, 0.15) is 13.2 Å². The summed E-state index contributed by atoms with van der Waals surface area (Å²) in [5.41, 5.74) is 0.851. The third-order valence-electron chi connectivity index (χ3n) is 2.64. The number of hydrogen-bond acceptors (Lipinski definition) is 6. The van der Waals surface area contributed by atoms with Crippen LogP contribution in [0.3, 0.4) is 0 Å². The van der Waals surface area contributed by atoms with Gasteiger partial charge in [-0.15, -0.1) is 0 Å². The molecule has 0 radical (unpaired) electrons. The van der Waals surface area contributed by atoms with Crippen molar-refractivity contribution >= 4 is 11.9 Å². The summed E-state index contributed by atoms with van der Waals surface area (Å²) in [6, 6.07) is 0. The molecule has 22 heavy (non-hydrogen) atoms. The Balaban J connectivity index is 0.000000409. The van der Waals surface area contributed by atoms with Crippen molar-refractivity contribution in [2.45, 2.75) is 32.8 Å². The van der Waals surface area contributed by atoms with Crippen LogP contribution < -0.4 is 0 Å². The number of methoxy groups -OCH3 is 1. The molecule has 1 saturated heterocycles. The summed E-state index contributed by atoms with van der Waals surface area (Å²) in [6.45, 7) is 12.0. The van der Waals surface area contributed by atoms with Crippen LogP contribution >= 0.6 is 0 Å². The molecule has 1 aliphatic heterocycles. The van der Waals surface area contributed by atoms with Gasteiger partial charge >= 0.3 is 11.9 Å². The van der Waals surface area contributed by atoms with Gasteiger partial charge in [0.05, 0.1) is 12.7 Å². The third-order valence-corrected chi connectivity index (χ3v) is 2.64. The first-order valence-electron chi connectivity index (χ1n) is 7.14. The molecular weight excluding hydrogens is 288 g/mol. The van der Waals surface area contributed by atoms with Gasteiger partial charge in [0.15, 0.2) is 0 Å². The van der Waals surface area contributed by atoms with Crippen molar-refractivity contribution in [1.82, 2.24) is 0 Å². The van der Waals surface area contributed by atoms with Crippen molar-refractivity contribution < 1.29 is 28.5 Å². The van der Waals surface area contributed by atoms with Crippen LogP contribution in [0.15, 0.2) is 24.3 Å². The fourth-order valence-corrected chi connectivity index (χ4v) is 1.41. The maximum absolute atomic E-state index is 10.9. The van der Waals surface area contributed by atoms with Crippen LogP contribution in [-0.2, 0) is 28.5 Å². The molecule has 0 aliphatic carbocycles. The molecule has 1 rings (SSSR count). The highest BCUT2D eigenvalue weighted by molar-refractivity contribution is 5.87. The lowest BCUT2D eigenvalue weighted by Gasteiger charge is -2.09. The van der Waals surface area contributed by atoms with E-state index in [1.54, 1.807) is 21.0 Å². The molecule has 0 spiro atoms. The van der Waals surface area contributed by atoms with Gasteiger partial charge in [-0.1, -0.05) is 13.2 Å². The maximum Gasteiger partial charge on any atom is 0.333 e. The number of esters is 2. The van der Waals surface area contributed by atoms with E-state index in [2.05, 4.69) is 22.6 Å². The van der Waals surface area contributed by atoms with Crippen molar-refractivity contribution in [3.05, 3.63) is 24.3 Å². The van der Waals surface area contributed by atoms with E-state index >= 15 is 0 Å². The molecule has 0 aromatic heterocycles. The molecular formula is C16H26O6. The lowest BCUT2D eigenvalue weighted by Crippen LogP contribution is -2.17. The molecule has 0 aromatic rings. The average Bonchev–Trinajstić information content (AvgIpc) is 2.98. The summed E-state index contributed by atoms with van der Waals surface area (Å²) in [4.78, 5) is 21.6. The molecule has 6 heteroatoms. The topological polar surface area (TPSA) is 71.1 Å². The second kappa shape index (κ2) is 11.9. The summed E-state index contributed by atoms with van der Waals surface area (Å²) in [5, 5.41) is 0. The van der Waals surface area contributed by atoms with Crippen LogP contribution in [0, 0.1) is 0 Å². The zero-order valence-corrected chi connectivity index (χ0v) is 13.7. The van der Waals surface area contributed by atoms with Crippen LogP contribution in [0.1, 0.15) is 26.7 Å². The molecule has 1 fully saturated rings. The molecule has 1 atom stereocenters. The van der Waals surface area contributed by atoms with Gasteiger partial charge in [-0.25, -0.2) is 9.59 Å². The van der Waals surface area contributed by atoms with Crippen LogP contribution in [0.5, 0.6) is 0 Å². The van der Waals surface area contributed by atoms with Gasteiger partial charge in [-0.3, -0.25) is 0 Å². The Morgan fingerprint density at radius 2 is 1.68 bits per heavy atom. The zero-order chi connectivity index (χ0) is 17.0. The SMILES string of the molecule is C=C(C)C(=O)OCC1CCCO1.C=C(C)C(=O)OCCOC. The summed E-state index contributed by atoms with van der Waals surface area (Å²) in [7, 11) is 1.55. The van der Waals surface area contributed by atoms with E-state index in [0.29, 0.717) is 31.0 Å². The Hall–Kier alpha value is -1.66. The molecule has 6 nitrogen and oxygen atoms in total. The number of carbonyl (C=O) groups is 2. The Kier molecular flexibility index (Phi) is 11.0. The van der Waals surface area contributed by atoms with E-state index in [-0.39, 0.29) is 18.0 Å². The minimum Gasteiger partial charge on any atom is -0.460 e. The van der Waals surface area contributed by atoms with Crippen LogP contribution in [0.25, 0.3) is 0 Å². The Bertz CT molecular complexity index is 382. The first kappa shape index (κ1) is 20.3. The number of rotatable bonds is 7. The fourth-order valence-electron chi connectivity index (χ4n) is 1.41. The van der Waals surface area contributed by atoms with E-state index in [1.165, 1.54) is 0 Å². The molecule has 1 heterocycles. The Morgan fingerprint density at radius 3 is 2.14 bits per heavy atom. The second-order valence-electron chi connectivity index (χ2n) is 4.92. The molecule has 1 aliphatic rings. The van der Waals surface area contributed by atoms with Gasteiger partial charge in [-0.2, -0.15) is 0 Å². The Labute approximate surface area is 132 Å². The van der Waals surface area contributed by atoms with Crippen LogP contribution in [0.2, 0.25) is 0 Å². The summed E-state index contributed by atoms with van der Waals surface area (Å²) >= 11 is 0. The monoisotopic (exact) mass is 314 g/mol. The molecule has 126 valence electrons. The molecule has 0 N–H and O–H groups in total. The summed E-state index contributed by atoms with van der Waals surface area (Å²) < 4.78 is 19.5. The van der Waals surface area contributed by atoms with Crippen molar-refractivity contribution in [2.75, 3.05) is 33.5 Å². The first-order valence-corrected chi connectivity index (χ1v) is 7.14. The number of ether oxygens (including phenoxy) is 4. The summed E-state index contributed by atoms with van der Waals surface area (Å²) in [5.74, 6) is -0.692. The smallest absolute Gasteiger partial charge is 0.333 e. The van der Waals surface area contributed by atoms with Crippen molar-refractivity contribution in [2.24, 2.45) is 0 Å². The number of carbonyl (C=O) groups excluding carboxylic acids is 2. The van der Waals surface area contributed by atoms with Crippen molar-refractivity contribution in [1.29, 1.82) is 0 Å². The van der Waals surface area contributed by atoms with Crippen LogP contribution in [-0.4, -0.2) is 51.6 Å². The zero-order valence-electron chi connectivity index (χ0n) is 13.7. The van der Waals surface area contributed by atoms with Crippen molar-refractivity contribution in [3.8, 4) is 0 Å². The minimum atomic E-state index is -0.364. The molecule has 0 bridgehead atoms. The lowest BCUT2D eigenvalue weighted by atomic mass is 10.2. The number of hydrogen-bond donors (Lipinski definition) is 0. The highest BCUT2D eigenvalue weighted by Crippen LogP contribution is 2.12. The van der Waals surface area contributed by atoms with E-state index in [4.69, 9.17) is 9.47 Å². The van der Waals surface area contributed by atoms with E-state index in [1.807, 2.05) is 0 Å². The molecule has 0 amide bonds. The molecule has 0 saturated carbocycles. The van der Waals surface area contributed by atoms with Crippen molar-refractivity contribution in [3.63, 3.8) is 0 Å². The highest BCUT2D eigenvalue weighted by Gasteiger charge is 2.17. The predicted octanol–water partition coefficient (Wildman–Crippen LogP) is 2.04. The first-order chi connectivity index (χ1) is 10.4. The highest BCUT2D eigenvalue weighted by atomic mass is 16.6. The molecule has 1 unspecified atom stereocenters. The van der Waals surface area contributed by atoms with Gasteiger partial charge in [-0.05, 0) is 26.7 Å². The van der Waals surface area contributed by atoms with E-state index in [9.17, 15) is 9.59 Å². The average molecular weight is 314 g/mol. The standard InChI is InChI=1S/C9H14O3.C7H12O3/c1-7(2)9(10)12-6-8-4-3-5-11-8;1-6(2)7(8)10-5-4-9-3/h8H,1,3-6H2,2H3;1,4-5H2,2-3H3. The largest absolute Gasteiger partial charge is 0.460 e. The van der Waals surface area contributed by atoms with E-state index < -0.39 is 0 Å². The van der Waals surface area contributed by atoms with Crippen LogP contribution in [0.4, 0.5) is 0 Å². The van der Waals surface area contributed by atoms with E-state index in [0.717, 1.165) is 19.4 Å². The van der Waals surface area contributed by atoms with Gasteiger partial charge in [0.2, 0.25) is 0 Å². The van der Waals surface area contributed by atoms with Gasteiger partial charge in [0, 0.05) is 24.9 Å². The maximum atomic E-state index is 10.9. The lowest BCUT2D eigenvalue weighted by molar-refractivity contribution is -0.142. The molecule has 0 aromatic carbocycles. The normalized spacial score (nSPS) is 16.2. The third kappa shape index (κ3) is 10.1.